The number of fused-ring (bicyclic) bond motifs is 4. The number of carbonyl (C=O) groups excluding carboxylic acids is 1. The molecule has 0 aromatic carbocycles. The average molecular weight is 278 g/mol. The van der Waals surface area contributed by atoms with Gasteiger partial charge in [-0.25, -0.2) is 0 Å². The second-order valence-electron chi connectivity index (χ2n) is 8.21. The monoisotopic (exact) mass is 278 g/mol. The number of thiol groups is 1. The summed E-state index contributed by atoms with van der Waals surface area (Å²) >= 11 is 4.76. The summed E-state index contributed by atoms with van der Waals surface area (Å²) < 4.78 is 0. The largest absolute Gasteiger partial charge is 0.299 e. The second kappa shape index (κ2) is 4.26. The molecule has 4 aliphatic rings. The molecule has 7 atom stereocenters. The first-order valence-corrected chi connectivity index (χ1v) is 8.79. The molecule has 4 rings (SSSR count). The van der Waals surface area contributed by atoms with Gasteiger partial charge in [0.2, 0.25) is 0 Å². The van der Waals surface area contributed by atoms with E-state index in [0.717, 1.165) is 30.6 Å². The van der Waals surface area contributed by atoms with Gasteiger partial charge in [-0.2, -0.15) is 12.6 Å². The Labute approximate surface area is 122 Å². The summed E-state index contributed by atoms with van der Waals surface area (Å²) in [7, 11) is 0. The van der Waals surface area contributed by atoms with E-state index in [-0.39, 0.29) is 0 Å². The smallest absolute Gasteiger partial charge is 0.136 e. The maximum absolute atomic E-state index is 12.8. The van der Waals surface area contributed by atoms with Crippen molar-refractivity contribution in [3.63, 3.8) is 0 Å². The molecule has 0 saturated heterocycles. The summed E-state index contributed by atoms with van der Waals surface area (Å²) in [5.74, 6) is 4.13. The zero-order valence-corrected chi connectivity index (χ0v) is 12.9. The minimum Gasteiger partial charge on any atom is -0.299 e. The van der Waals surface area contributed by atoms with Crippen LogP contribution in [0.5, 0.6) is 0 Å². The Morgan fingerprint density at radius 1 is 1.21 bits per heavy atom. The molecule has 6 unspecified atom stereocenters. The highest BCUT2D eigenvalue weighted by Gasteiger charge is 2.52. The summed E-state index contributed by atoms with van der Waals surface area (Å²) in [6, 6.07) is 0. The third kappa shape index (κ3) is 1.85. The number of Topliss-reactive ketones (excluding diaryl/α,β-unsaturated/α-hetero) is 1. The Morgan fingerprint density at radius 3 is 2.58 bits per heavy atom. The van der Waals surface area contributed by atoms with Crippen molar-refractivity contribution in [1.82, 2.24) is 0 Å². The fourth-order valence-corrected chi connectivity index (χ4v) is 6.76. The molecule has 1 nitrogen and oxygen atoms in total. The molecule has 0 N–H and O–H groups in total. The summed E-state index contributed by atoms with van der Waals surface area (Å²) in [4.78, 5) is 12.8. The van der Waals surface area contributed by atoms with Crippen molar-refractivity contribution in [2.45, 2.75) is 63.5 Å². The predicted molar refractivity (Wildman–Crippen MR) is 80.3 cm³/mol. The zero-order chi connectivity index (χ0) is 13.2. The molecule has 0 heterocycles. The number of hydrogen-bond donors (Lipinski definition) is 1. The van der Waals surface area contributed by atoms with Crippen LogP contribution in [0.15, 0.2) is 0 Å². The van der Waals surface area contributed by atoms with E-state index in [4.69, 9.17) is 12.6 Å². The molecule has 2 heteroatoms. The Morgan fingerprint density at radius 2 is 2.05 bits per heavy atom. The quantitative estimate of drug-likeness (QED) is 0.769. The van der Waals surface area contributed by atoms with Gasteiger partial charge in [0.15, 0.2) is 0 Å². The maximum atomic E-state index is 12.8. The SMILES string of the molecule is CC1(CC(=O)C2CC3CCC2[C@H]3S)CC2CCC1C2. The van der Waals surface area contributed by atoms with Gasteiger partial charge in [-0.15, -0.1) is 0 Å². The molecule has 4 saturated carbocycles. The maximum Gasteiger partial charge on any atom is 0.136 e. The van der Waals surface area contributed by atoms with Crippen molar-refractivity contribution in [2.75, 3.05) is 0 Å². The lowest BCUT2D eigenvalue weighted by atomic mass is 9.69. The van der Waals surface area contributed by atoms with Gasteiger partial charge in [-0.1, -0.05) is 13.3 Å². The third-order valence-electron chi connectivity index (χ3n) is 7.14. The van der Waals surface area contributed by atoms with Crippen molar-refractivity contribution >= 4 is 18.4 Å². The van der Waals surface area contributed by atoms with Crippen LogP contribution in [0.3, 0.4) is 0 Å². The molecular formula is C17H26OS. The summed E-state index contributed by atoms with van der Waals surface area (Å²) in [5.41, 5.74) is 0.355. The first-order valence-electron chi connectivity index (χ1n) is 8.27. The van der Waals surface area contributed by atoms with Crippen LogP contribution in [0.2, 0.25) is 0 Å². The van der Waals surface area contributed by atoms with Crippen LogP contribution in [0, 0.1) is 35.0 Å². The summed E-state index contributed by atoms with van der Waals surface area (Å²) in [5, 5.41) is 0.529. The Balaban J connectivity index is 1.45. The number of ketones is 1. The molecule has 19 heavy (non-hydrogen) atoms. The third-order valence-corrected chi connectivity index (χ3v) is 7.94. The highest BCUT2D eigenvalue weighted by Crippen LogP contribution is 2.59. The summed E-state index contributed by atoms with van der Waals surface area (Å²) in [6.07, 6.45) is 10.2. The van der Waals surface area contributed by atoms with Gasteiger partial charge in [-0.05, 0) is 67.6 Å². The molecular weight excluding hydrogens is 252 g/mol. The standard InChI is InChI=1S/C17H26OS/c1-17(8-10-2-4-12(17)6-10)9-15(18)14-7-11-3-5-13(14)16(11)19/h10-14,16,19H,2-9H2,1H3/t10?,11?,12?,13?,14?,16-,17?/m0/s1. The molecule has 0 spiro atoms. The highest BCUT2D eigenvalue weighted by molar-refractivity contribution is 7.81. The van der Waals surface area contributed by atoms with Gasteiger partial charge < -0.3 is 0 Å². The van der Waals surface area contributed by atoms with Crippen LogP contribution in [0.25, 0.3) is 0 Å². The van der Waals surface area contributed by atoms with Gasteiger partial charge in [0.05, 0.1) is 0 Å². The van der Waals surface area contributed by atoms with Crippen molar-refractivity contribution in [3.8, 4) is 0 Å². The zero-order valence-electron chi connectivity index (χ0n) is 12.0. The van der Waals surface area contributed by atoms with Crippen molar-refractivity contribution in [3.05, 3.63) is 0 Å². The molecule has 4 aliphatic carbocycles. The molecule has 0 aromatic heterocycles. The lowest BCUT2D eigenvalue weighted by Gasteiger charge is -2.35. The van der Waals surface area contributed by atoms with Gasteiger partial charge in [0.25, 0.3) is 0 Å². The van der Waals surface area contributed by atoms with E-state index < -0.39 is 0 Å². The van der Waals surface area contributed by atoms with E-state index in [0.29, 0.717) is 28.3 Å². The molecule has 0 aliphatic heterocycles. The lowest BCUT2D eigenvalue weighted by Crippen LogP contribution is -2.32. The minimum atomic E-state index is 0.355. The van der Waals surface area contributed by atoms with Crippen LogP contribution < -0.4 is 0 Å². The normalized spacial score (nSPS) is 55.1. The molecule has 0 aromatic rings. The van der Waals surface area contributed by atoms with Gasteiger partial charge in [0, 0.05) is 17.6 Å². The van der Waals surface area contributed by atoms with E-state index in [1.165, 1.54) is 38.5 Å². The molecule has 0 radical (unpaired) electrons. The molecule has 4 fully saturated rings. The van der Waals surface area contributed by atoms with Gasteiger partial charge in [-0.3, -0.25) is 4.79 Å². The first-order chi connectivity index (χ1) is 9.07. The van der Waals surface area contributed by atoms with Crippen LogP contribution in [0.1, 0.15) is 58.3 Å². The fourth-order valence-electron chi connectivity index (χ4n) is 6.13. The second-order valence-corrected chi connectivity index (χ2v) is 8.81. The van der Waals surface area contributed by atoms with E-state index >= 15 is 0 Å². The highest BCUT2D eigenvalue weighted by atomic mass is 32.1. The Kier molecular flexibility index (Phi) is 2.85. The number of hydrogen-bond acceptors (Lipinski definition) is 2. The average Bonchev–Trinajstić information content (AvgIpc) is 3.10. The van der Waals surface area contributed by atoms with Gasteiger partial charge in [0.1, 0.15) is 5.78 Å². The molecule has 4 bridgehead atoms. The minimum absolute atomic E-state index is 0.355. The van der Waals surface area contributed by atoms with Crippen molar-refractivity contribution in [1.29, 1.82) is 0 Å². The number of rotatable bonds is 3. The first kappa shape index (κ1) is 12.7. The van der Waals surface area contributed by atoms with E-state index in [1.54, 1.807) is 0 Å². The van der Waals surface area contributed by atoms with Gasteiger partial charge >= 0.3 is 0 Å². The fraction of sp³-hybridized carbons (Fsp3) is 0.941. The number of carbonyl (C=O) groups is 1. The Hall–Kier alpha value is 0.0200. The lowest BCUT2D eigenvalue weighted by molar-refractivity contribution is -0.127. The van der Waals surface area contributed by atoms with Crippen LogP contribution in [-0.4, -0.2) is 11.0 Å². The Bertz CT molecular complexity index is 406. The van der Waals surface area contributed by atoms with Crippen molar-refractivity contribution < 1.29 is 4.79 Å². The van der Waals surface area contributed by atoms with Crippen LogP contribution >= 0.6 is 12.6 Å². The summed E-state index contributed by atoms with van der Waals surface area (Å²) in [6.45, 7) is 2.40. The topological polar surface area (TPSA) is 17.1 Å². The molecule has 0 amide bonds. The van der Waals surface area contributed by atoms with E-state index in [2.05, 4.69) is 6.92 Å². The van der Waals surface area contributed by atoms with Crippen LogP contribution in [-0.2, 0) is 4.79 Å². The predicted octanol–water partition coefficient (Wildman–Crippen LogP) is 4.12. The van der Waals surface area contributed by atoms with Crippen molar-refractivity contribution in [2.24, 2.45) is 35.0 Å². The van der Waals surface area contributed by atoms with E-state index in [1.807, 2.05) is 0 Å². The van der Waals surface area contributed by atoms with E-state index in [9.17, 15) is 4.79 Å². The van der Waals surface area contributed by atoms with Crippen LogP contribution in [0.4, 0.5) is 0 Å². The molecule has 106 valence electrons.